The predicted molar refractivity (Wildman–Crippen MR) is 122 cm³/mol. The summed E-state index contributed by atoms with van der Waals surface area (Å²) < 4.78 is 16.6. The predicted octanol–water partition coefficient (Wildman–Crippen LogP) is 4.55. The van der Waals surface area contributed by atoms with Gasteiger partial charge < -0.3 is 9.80 Å². The number of piperidine rings is 2. The minimum Gasteiger partial charge on any atom is -0.371 e. The van der Waals surface area contributed by atoms with Crippen LogP contribution in [0.25, 0.3) is 0 Å². The van der Waals surface area contributed by atoms with Gasteiger partial charge in [0.05, 0.1) is 12.4 Å². The molecule has 0 saturated carbocycles. The number of rotatable bonds is 3. The van der Waals surface area contributed by atoms with E-state index in [9.17, 15) is 0 Å². The van der Waals surface area contributed by atoms with Crippen LogP contribution < -0.4 is 9.80 Å². The molecule has 0 unspecified atom stereocenters. The van der Waals surface area contributed by atoms with E-state index in [0.29, 0.717) is 5.15 Å². The number of hydrogen-bond donors (Lipinski definition) is 0. The second-order valence-electron chi connectivity index (χ2n) is 7.85. The third-order valence-electron chi connectivity index (χ3n) is 6.18. The van der Waals surface area contributed by atoms with Gasteiger partial charge in [0, 0.05) is 36.9 Å². The minimum atomic E-state index is -0.750. The van der Waals surface area contributed by atoms with Crippen LogP contribution >= 0.6 is 23.2 Å². The van der Waals surface area contributed by atoms with Crippen molar-refractivity contribution in [3.05, 3.63) is 46.3 Å². The van der Waals surface area contributed by atoms with Crippen molar-refractivity contribution in [2.45, 2.75) is 32.6 Å². The first kappa shape index (κ1) is 23.0. The van der Waals surface area contributed by atoms with Crippen LogP contribution in [0.15, 0.2) is 30.6 Å². The van der Waals surface area contributed by atoms with Gasteiger partial charge in [0.25, 0.3) is 0 Å². The molecular weight excluding hydrogens is 443 g/mol. The van der Waals surface area contributed by atoms with Crippen molar-refractivity contribution >= 4 is 46.3 Å². The van der Waals surface area contributed by atoms with Gasteiger partial charge in [-0.05, 0) is 62.1 Å². The molecule has 2 saturated heterocycles. The summed E-state index contributed by atoms with van der Waals surface area (Å²) in [6, 6.07) is 6.44. The minimum absolute atomic E-state index is 0.471. The van der Waals surface area contributed by atoms with Gasteiger partial charge in [0.2, 0.25) is 0 Å². The molecule has 6 nitrogen and oxygen atoms in total. The monoisotopic (exact) mass is 468 g/mol. The molecule has 0 N–H and O–H groups in total. The Morgan fingerprint density at radius 3 is 2.03 bits per heavy atom. The molecule has 0 amide bonds. The highest BCUT2D eigenvalue weighted by molar-refractivity contribution is 7.51. The van der Waals surface area contributed by atoms with E-state index in [0.717, 1.165) is 54.4 Å². The molecule has 2 aliphatic rings. The maximum Gasteiger partial charge on any atom is 0.335 e. The van der Waals surface area contributed by atoms with Crippen LogP contribution in [0.4, 0.5) is 11.5 Å². The van der Waals surface area contributed by atoms with Crippen molar-refractivity contribution in [3.63, 3.8) is 0 Å². The quantitative estimate of drug-likeness (QED) is 0.657. The smallest absolute Gasteiger partial charge is 0.335 e. The SMILES string of the molecule is Cc1ccc(N2CCC(C3CCN(c4cncc(Cl)n4)CC3)CC2)cc1Cl.O=S=O. The summed E-state index contributed by atoms with van der Waals surface area (Å²) >= 11 is 11.5. The molecule has 0 aliphatic carbocycles. The van der Waals surface area contributed by atoms with Crippen LogP contribution in [0.3, 0.4) is 0 Å². The summed E-state index contributed by atoms with van der Waals surface area (Å²) in [5.74, 6) is 2.55. The Labute approximate surface area is 191 Å². The Morgan fingerprint density at radius 2 is 1.50 bits per heavy atom. The van der Waals surface area contributed by atoms with Crippen molar-refractivity contribution < 1.29 is 8.42 Å². The summed E-state index contributed by atoms with van der Waals surface area (Å²) in [5, 5.41) is 1.34. The van der Waals surface area contributed by atoms with Gasteiger partial charge >= 0.3 is 11.6 Å². The molecule has 4 rings (SSSR count). The van der Waals surface area contributed by atoms with E-state index in [4.69, 9.17) is 31.6 Å². The van der Waals surface area contributed by atoms with Gasteiger partial charge in [-0.15, -0.1) is 0 Å². The molecule has 30 heavy (non-hydrogen) atoms. The second kappa shape index (κ2) is 11.1. The van der Waals surface area contributed by atoms with E-state index in [1.54, 1.807) is 6.20 Å². The second-order valence-corrected chi connectivity index (χ2v) is 8.78. The fourth-order valence-electron chi connectivity index (χ4n) is 4.49. The Hall–Kier alpha value is -1.70. The zero-order chi connectivity index (χ0) is 21.5. The number of hydrogen-bond acceptors (Lipinski definition) is 6. The highest BCUT2D eigenvalue weighted by Crippen LogP contribution is 2.35. The fraction of sp³-hybridized carbons (Fsp3) is 0.524. The largest absolute Gasteiger partial charge is 0.371 e. The molecule has 3 heterocycles. The van der Waals surface area contributed by atoms with Gasteiger partial charge in [-0.3, -0.25) is 4.98 Å². The summed E-state index contributed by atoms with van der Waals surface area (Å²) in [4.78, 5) is 13.4. The van der Waals surface area contributed by atoms with E-state index in [-0.39, 0.29) is 0 Å². The summed E-state index contributed by atoms with van der Waals surface area (Å²) in [6.07, 6.45) is 8.41. The number of benzene rings is 1. The van der Waals surface area contributed by atoms with Crippen molar-refractivity contribution in [2.24, 2.45) is 11.8 Å². The summed E-state index contributed by atoms with van der Waals surface area (Å²) in [5.41, 5.74) is 2.41. The molecular formula is C21H26Cl2N4O2S. The molecule has 2 aliphatic heterocycles. The van der Waals surface area contributed by atoms with Crippen LogP contribution in [-0.2, 0) is 11.6 Å². The van der Waals surface area contributed by atoms with Gasteiger partial charge in [-0.2, -0.15) is 8.42 Å². The lowest BCUT2D eigenvalue weighted by atomic mass is 9.78. The molecule has 2 fully saturated rings. The molecule has 0 atom stereocenters. The first-order chi connectivity index (χ1) is 14.5. The molecule has 0 bridgehead atoms. The van der Waals surface area contributed by atoms with Crippen molar-refractivity contribution in [1.29, 1.82) is 0 Å². The van der Waals surface area contributed by atoms with E-state index < -0.39 is 11.6 Å². The first-order valence-electron chi connectivity index (χ1n) is 10.2. The molecule has 0 spiro atoms. The van der Waals surface area contributed by atoms with Crippen molar-refractivity contribution in [3.8, 4) is 0 Å². The molecule has 0 radical (unpaired) electrons. The maximum atomic E-state index is 8.29. The lowest BCUT2D eigenvalue weighted by molar-refractivity contribution is 0.233. The van der Waals surface area contributed by atoms with Crippen LogP contribution in [0.1, 0.15) is 31.2 Å². The molecule has 1 aromatic heterocycles. The van der Waals surface area contributed by atoms with Crippen LogP contribution in [0.2, 0.25) is 10.2 Å². The average Bonchev–Trinajstić information content (AvgIpc) is 2.76. The number of anilines is 2. The normalized spacial score (nSPS) is 18.0. The topological polar surface area (TPSA) is 66.4 Å². The third-order valence-corrected chi connectivity index (χ3v) is 6.77. The molecule has 2 aromatic rings. The van der Waals surface area contributed by atoms with Crippen LogP contribution in [-0.4, -0.2) is 44.6 Å². The highest BCUT2D eigenvalue weighted by atomic mass is 35.5. The zero-order valence-electron chi connectivity index (χ0n) is 17.0. The Bertz CT molecular complexity index is 879. The first-order valence-corrected chi connectivity index (χ1v) is 11.6. The van der Waals surface area contributed by atoms with Crippen LogP contribution in [0, 0.1) is 18.8 Å². The lowest BCUT2D eigenvalue weighted by Gasteiger charge is -2.41. The molecule has 1 aromatic carbocycles. The standard InChI is InChI=1S/C21H26Cl2N4.O2S/c1-15-2-3-18(12-19(15)22)26-8-4-16(5-9-26)17-6-10-27(11-7-17)21-14-24-13-20(23)25-21;1-3-2/h2-3,12-14,16-17H,4-11H2,1H3;. The number of nitrogens with zero attached hydrogens (tertiary/aromatic N) is 4. The lowest BCUT2D eigenvalue weighted by Crippen LogP contribution is -2.41. The Kier molecular flexibility index (Phi) is 8.48. The number of halogens is 2. The third kappa shape index (κ3) is 5.93. The molecule has 9 heteroatoms. The Balaban J connectivity index is 0.000000806. The van der Waals surface area contributed by atoms with Gasteiger partial charge in [0.15, 0.2) is 0 Å². The van der Waals surface area contributed by atoms with Gasteiger partial charge in [-0.1, -0.05) is 29.3 Å². The number of aromatic nitrogens is 2. The van der Waals surface area contributed by atoms with E-state index in [1.165, 1.54) is 31.4 Å². The average molecular weight is 469 g/mol. The fourth-order valence-corrected chi connectivity index (χ4v) is 4.81. The zero-order valence-corrected chi connectivity index (χ0v) is 19.3. The number of aryl methyl sites for hydroxylation is 1. The van der Waals surface area contributed by atoms with E-state index in [2.05, 4.69) is 44.9 Å². The van der Waals surface area contributed by atoms with Crippen molar-refractivity contribution in [2.75, 3.05) is 36.0 Å². The Morgan fingerprint density at radius 1 is 0.933 bits per heavy atom. The van der Waals surface area contributed by atoms with E-state index >= 15 is 0 Å². The van der Waals surface area contributed by atoms with Crippen LogP contribution in [0.5, 0.6) is 0 Å². The van der Waals surface area contributed by atoms with E-state index in [1.807, 2.05) is 6.20 Å². The van der Waals surface area contributed by atoms with Gasteiger partial charge in [-0.25, -0.2) is 4.98 Å². The maximum absolute atomic E-state index is 8.29. The summed E-state index contributed by atoms with van der Waals surface area (Å²) in [7, 11) is 0. The summed E-state index contributed by atoms with van der Waals surface area (Å²) in [6.45, 7) is 6.41. The molecule has 162 valence electrons. The van der Waals surface area contributed by atoms with Crippen molar-refractivity contribution in [1.82, 2.24) is 9.97 Å². The van der Waals surface area contributed by atoms with Gasteiger partial charge in [0.1, 0.15) is 11.0 Å². The highest BCUT2D eigenvalue weighted by Gasteiger charge is 2.30.